The minimum Gasteiger partial charge on any atom is -0.256 e. The van der Waals surface area contributed by atoms with Crippen LogP contribution in [0.25, 0.3) is 42.5 Å². The number of hydrogen-bond acceptors (Lipinski definition) is 4. The standard InChI is InChI=1S/C19H11N3S/c1-2-6-17-13(5-1)14-7-9-21-18(19(14)23-17)16-10-15-12(11-22-16)4-3-8-20-15/h1-11H. The van der Waals surface area contributed by atoms with E-state index in [0.29, 0.717) is 0 Å². The van der Waals surface area contributed by atoms with Crippen molar-refractivity contribution in [3.05, 3.63) is 67.1 Å². The predicted octanol–water partition coefficient (Wildman–Crippen LogP) is 5.06. The smallest absolute Gasteiger partial charge is 0.106 e. The van der Waals surface area contributed by atoms with Gasteiger partial charge in [-0.15, -0.1) is 11.3 Å². The van der Waals surface area contributed by atoms with Gasteiger partial charge in [0, 0.05) is 39.4 Å². The predicted molar refractivity (Wildman–Crippen MR) is 95.7 cm³/mol. The molecular weight excluding hydrogens is 302 g/mol. The summed E-state index contributed by atoms with van der Waals surface area (Å²) >= 11 is 1.77. The van der Waals surface area contributed by atoms with Gasteiger partial charge in [0.05, 0.1) is 15.9 Å². The quantitative estimate of drug-likeness (QED) is 0.434. The number of thiophene rings is 1. The molecule has 0 fully saturated rings. The third kappa shape index (κ3) is 1.92. The molecule has 4 heteroatoms. The molecule has 5 aromatic rings. The van der Waals surface area contributed by atoms with Gasteiger partial charge in [0.15, 0.2) is 0 Å². The van der Waals surface area contributed by atoms with Crippen molar-refractivity contribution in [3.8, 4) is 11.4 Å². The normalized spacial score (nSPS) is 11.5. The lowest BCUT2D eigenvalue weighted by Gasteiger charge is -2.03. The van der Waals surface area contributed by atoms with E-state index in [1.165, 1.54) is 20.2 Å². The Morgan fingerprint density at radius 1 is 0.783 bits per heavy atom. The van der Waals surface area contributed by atoms with Gasteiger partial charge < -0.3 is 0 Å². The van der Waals surface area contributed by atoms with Crippen molar-refractivity contribution in [2.45, 2.75) is 0 Å². The molecule has 0 saturated heterocycles. The lowest BCUT2D eigenvalue weighted by atomic mass is 10.1. The van der Waals surface area contributed by atoms with E-state index in [4.69, 9.17) is 0 Å². The van der Waals surface area contributed by atoms with Crippen molar-refractivity contribution in [2.75, 3.05) is 0 Å². The fourth-order valence-corrected chi connectivity index (χ4v) is 4.13. The Balaban J connectivity index is 1.84. The Kier molecular flexibility index (Phi) is 2.66. The first-order chi connectivity index (χ1) is 11.4. The van der Waals surface area contributed by atoms with Gasteiger partial charge in [-0.25, -0.2) is 0 Å². The molecule has 4 aromatic heterocycles. The average Bonchev–Trinajstić information content (AvgIpc) is 3.00. The Labute approximate surface area is 136 Å². The second-order valence-corrected chi connectivity index (χ2v) is 6.45. The summed E-state index contributed by atoms with van der Waals surface area (Å²) in [4.78, 5) is 13.6. The molecular formula is C19H11N3S. The van der Waals surface area contributed by atoms with Gasteiger partial charge in [0.2, 0.25) is 0 Å². The second-order valence-electron chi connectivity index (χ2n) is 5.40. The highest BCUT2D eigenvalue weighted by Crippen LogP contribution is 2.38. The molecule has 3 nitrogen and oxygen atoms in total. The zero-order valence-corrected chi connectivity index (χ0v) is 12.9. The summed E-state index contributed by atoms with van der Waals surface area (Å²) in [5.41, 5.74) is 2.74. The topological polar surface area (TPSA) is 38.7 Å². The Morgan fingerprint density at radius 3 is 2.74 bits per heavy atom. The summed E-state index contributed by atoms with van der Waals surface area (Å²) in [5.74, 6) is 0. The van der Waals surface area contributed by atoms with E-state index >= 15 is 0 Å². The van der Waals surface area contributed by atoms with Gasteiger partial charge in [-0.1, -0.05) is 18.2 Å². The third-order valence-electron chi connectivity index (χ3n) is 4.02. The minimum absolute atomic E-state index is 0.869. The summed E-state index contributed by atoms with van der Waals surface area (Å²) in [6.45, 7) is 0. The lowest BCUT2D eigenvalue weighted by Crippen LogP contribution is -1.88. The number of fused-ring (bicyclic) bond motifs is 4. The summed E-state index contributed by atoms with van der Waals surface area (Å²) in [6, 6.07) is 16.5. The molecule has 5 rings (SSSR count). The maximum absolute atomic E-state index is 4.60. The summed E-state index contributed by atoms with van der Waals surface area (Å²) in [7, 11) is 0. The first-order valence-corrected chi connectivity index (χ1v) is 8.19. The molecule has 0 aliphatic rings. The number of pyridine rings is 3. The highest BCUT2D eigenvalue weighted by Gasteiger charge is 2.12. The zero-order chi connectivity index (χ0) is 15.2. The first kappa shape index (κ1) is 12.7. The van der Waals surface area contributed by atoms with Crippen molar-refractivity contribution in [1.82, 2.24) is 15.0 Å². The van der Waals surface area contributed by atoms with Crippen molar-refractivity contribution < 1.29 is 0 Å². The van der Waals surface area contributed by atoms with Crippen molar-refractivity contribution in [1.29, 1.82) is 0 Å². The van der Waals surface area contributed by atoms with Gasteiger partial charge in [0.25, 0.3) is 0 Å². The molecule has 0 aliphatic carbocycles. The van der Waals surface area contributed by atoms with E-state index in [0.717, 1.165) is 22.3 Å². The van der Waals surface area contributed by atoms with Crippen molar-refractivity contribution in [2.24, 2.45) is 0 Å². The van der Waals surface area contributed by atoms with E-state index in [1.807, 2.05) is 30.6 Å². The number of rotatable bonds is 1. The molecule has 0 unspecified atom stereocenters. The molecule has 0 spiro atoms. The van der Waals surface area contributed by atoms with E-state index in [1.54, 1.807) is 17.5 Å². The SMILES string of the molecule is c1cnc2cc(-c3nccc4c3sc3ccccc34)ncc2c1. The van der Waals surface area contributed by atoms with Crippen LogP contribution in [0.5, 0.6) is 0 Å². The molecule has 4 heterocycles. The number of aromatic nitrogens is 3. The highest BCUT2D eigenvalue weighted by atomic mass is 32.1. The van der Waals surface area contributed by atoms with Gasteiger partial charge in [0.1, 0.15) is 5.69 Å². The van der Waals surface area contributed by atoms with Crippen LogP contribution >= 0.6 is 11.3 Å². The molecule has 0 N–H and O–H groups in total. The third-order valence-corrected chi connectivity index (χ3v) is 5.22. The molecule has 0 atom stereocenters. The van der Waals surface area contributed by atoms with Gasteiger partial charge >= 0.3 is 0 Å². The first-order valence-electron chi connectivity index (χ1n) is 7.37. The molecule has 1 aromatic carbocycles. The Morgan fingerprint density at radius 2 is 1.74 bits per heavy atom. The Bertz CT molecular complexity index is 1180. The monoisotopic (exact) mass is 313 g/mol. The molecule has 0 saturated carbocycles. The van der Waals surface area contributed by atoms with E-state index < -0.39 is 0 Å². The van der Waals surface area contributed by atoms with E-state index in [2.05, 4.69) is 45.3 Å². The highest BCUT2D eigenvalue weighted by molar-refractivity contribution is 7.26. The molecule has 0 aliphatic heterocycles. The van der Waals surface area contributed by atoms with Crippen LogP contribution in [0.4, 0.5) is 0 Å². The van der Waals surface area contributed by atoms with Crippen LogP contribution in [0.1, 0.15) is 0 Å². The molecule has 0 radical (unpaired) electrons. The van der Waals surface area contributed by atoms with Crippen LogP contribution in [0.2, 0.25) is 0 Å². The van der Waals surface area contributed by atoms with Crippen LogP contribution in [-0.4, -0.2) is 15.0 Å². The van der Waals surface area contributed by atoms with Gasteiger partial charge in [-0.3, -0.25) is 15.0 Å². The molecule has 0 amide bonds. The maximum atomic E-state index is 4.60. The van der Waals surface area contributed by atoms with Gasteiger partial charge in [-0.2, -0.15) is 0 Å². The number of benzene rings is 1. The van der Waals surface area contributed by atoms with Crippen molar-refractivity contribution >= 4 is 42.4 Å². The minimum atomic E-state index is 0.869. The number of nitrogens with zero attached hydrogens (tertiary/aromatic N) is 3. The summed E-state index contributed by atoms with van der Waals surface area (Å²) < 4.78 is 2.45. The number of hydrogen-bond donors (Lipinski definition) is 0. The van der Waals surface area contributed by atoms with Crippen LogP contribution in [-0.2, 0) is 0 Å². The van der Waals surface area contributed by atoms with Crippen LogP contribution in [0.15, 0.2) is 67.1 Å². The van der Waals surface area contributed by atoms with Gasteiger partial charge in [-0.05, 0) is 30.3 Å². The van der Waals surface area contributed by atoms with E-state index in [-0.39, 0.29) is 0 Å². The lowest BCUT2D eigenvalue weighted by molar-refractivity contribution is 1.27. The van der Waals surface area contributed by atoms with Crippen LogP contribution in [0.3, 0.4) is 0 Å². The summed E-state index contributed by atoms with van der Waals surface area (Å²) in [6.07, 6.45) is 5.53. The molecule has 0 bridgehead atoms. The fraction of sp³-hybridized carbons (Fsp3) is 0. The largest absolute Gasteiger partial charge is 0.256 e. The van der Waals surface area contributed by atoms with E-state index in [9.17, 15) is 0 Å². The second kappa shape index (κ2) is 4.83. The maximum Gasteiger partial charge on any atom is 0.106 e. The summed E-state index contributed by atoms with van der Waals surface area (Å²) in [5, 5.41) is 3.55. The zero-order valence-electron chi connectivity index (χ0n) is 12.1. The Hall–Kier alpha value is -2.85. The average molecular weight is 313 g/mol. The van der Waals surface area contributed by atoms with Crippen molar-refractivity contribution in [3.63, 3.8) is 0 Å². The van der Waals surface area contributed by atoms with Crippen LogP contribution < -0.4 is 0 Å². The van der Waals surface area contributed by atoms with Crippen LogP contribution in [0, 0.1) is 0 Å². The fourth-order valence-electron chi connectivity index (χ4n) is 2.93. The molecule has 108 valence electrons. The molecule has 23 heavy (non-hydrogen) atoms.